The number of carbonyl (C=O) groups excluding carboxylic acids is 1. The lowest BCUT2D eigenvalue weighted by molar-refractivity contribution is -0.133. The number of carbonyl (C=O) groups is 1. The first-order valence-electron chi connectivity index (χ1n) is 10.4. The van der Waals surface area contributed by atoms with E-state index in [1.54, 1.807) is 0 Å². The van der Waals surface area contributed by atoms with Crippen molar-refractivity contribution in [2.45, 2.75) is 33.2 Å². The first-order chi connectivity index (χ1) is 14.1. The molecule has 1 aliphatic heterocycles. The van der Waals surface area contributed by atoms with E-state index >= 15 is 0 Å². The third-order valence-corrected chi connectivity index (χ3v) is 5.34. The molecule has 8 heteroatoms. The van der Waals surface area contributed by atoms with Gasteiger partial charge in [-0.25, -0.2) is 0 Å². The Morgan fingerprint density at radius 3 is 2.31 bits per heavy atom. The van der Waals surface area contributed by atoms with Gasteiger partial charge in [0.2, 0.25) is 17.6 Å². The first kappa shape index (κ1) is 21.7. The van der Waals surface area contributed by atoms with Gasteiger partial charge in [0, 0.05) is 49.9 Å². The summed E-state index contributed by atoms with van der Waals surface area (Å²) < 4.78 is 5.42. The number of halogens is 1. The van der Waals surface area contributed by atoms with Gasteiger partial charge in [0.05, 0.1) is 13.1 Å². The first-order valence-corrected chi connectivity index (χ1v) is 10.8. The molecule has 29 heavy (non-hydrogen) atoms. The summed E-state index contributed by atoms with van der Waals surface area (Å²) >= 11 is 5.93. The van der Waals surface area contributed by atoms with Crippen LogP contribution in [0, 0.1) is 0 Å². The molecule has 1 aliphatic rings. The van der Waals surface area contributed by atoms with Crippen LogP contribution in [0.2, 0.25) is 5.02 Å². The van der Waals surface area contributed by atoms with E-state index in [1.807, 2.05) is 29.2 Å². The molecule has 158 valence electrons. The van der Waals surface area contributed by atoms with Gasteiger partial charge in [0.1, 0.15) is 0 Å². The molecule has 1 aromatic carbocycles. The van der Waals surface area contributed by atoms with Crippen LogP contribution in [0.1, 0.15) is 32.6 Å². The van der Waals surface area contributed by atoms with E-state index in [2.05, 4.69) is 33.8 Å². The van der Waals surface area contributed by atoms with Crippen molar-refractivity contribution in [3.05, 3.63) is 35.2 Å². The van der Waals surface area contributed by atoms with E-state index in [0.717, 1.165) is 57.7 Å². The molecule has 0 unspecified atom stereocenters. The molecule has 1 amide bonds. The maximum atomic E-state index is 12.6. The molecule has 7 nitrogen and oxygen atoms in total. The largest absolute Gasteiger partial charge is 0.342 e. The lowest BCUT2D eigenvalue weighted by Crippen LogP contribution is -2.50. The summed E-state index contributed by atoms with van der Waals surface area (Å²) in [4.78, 5) is 23.6. The molecule has 0 aliphatic carbocycles. The van der Waals surface area contributed by atoms with Gasteiger partial charge >= 0.3 is 0 Å². The van der Waals surface area contributed by atoms with Gasteiger partial charge in [-0.15, -0.1) is 0 Å². The van der Waals surface area contributed by atoms with Gasteiger partial charge in [0.15, 0.2) is 0 Å². The molecule has 3 rings (SSSR count). The standard InChI is InChI=1S/C21H30ClN5O2/c1-3-9-27(10-4-2)20(28)16-26-13-11-25(12-14-26)15-19-23-21(24-29-19)17-5-7-18(22)8-6-17/h5-8H,3-4,9-16H2,1-2H3. The number of hydrogen-bond acceptors (Lipinski definition) is 6. The van der Waals surface area contributed by atoms with Crippen molar-refractivity contribution in [3.8, 4) is 11.4 Å². The van der Waals surface area contributed by atoms with Crippen molar-refractivity contribution in [1.82, 2.24) is 24.8 Å². The van der Waals surface area contributed by atoms with Crippen molar-refractivity contribution in [2.24, 2.45) is 0 Å². The number of amides is 1. The fraction of sp³-hybridized carbons (Fsp3) is 0.571. The van der Waals surface area contributed by atoms with Crippen molar-refractivity contribution in [1.29, 1.82) is 0 Å². The molecule has 1 aromatic heterocycles. The van der Waals surface area contributed by atoms with Gasteiger partial charge in [-0.1, -0.05) is 30.6 Å². The second kappa shape index (κ2) is 10.7. The van der Waals surface area contributed by atoms with Gasteiger partial charge in [0.25, 0.3) is 0 Å². The van der Waals surface area contributed by atoms with Gasteiger partial charge < -0.3 is 9.42 Å². The monoisotopic (exact) mass is 419 g/mol. The fourth-order valence-electron chi connectivity index (χ4n) is 3.52. The average molecular weight is 420 g/mol. The second-order valence-corrected chi connectivity index (χ2v) is 7.89. The maximum Gasteiger partial charge on any atom is 0.241 e. The highest BCUT2D eigenvalue weighted by atomic mass is 35.5. The number of benzene rings is 1. The van der Waals surface area contributed by atoms with Crippen LogP contribution in [0.25, 0.3) is 11.4 Å². The summed E-state index contributed by atoms with van der Waals surface area (Å²) in [6.45, 7) is 10.6. The van der Waals surface area contributed by atoms with Crippen LogP contribution in [0.4, 0.5) is 0 Å². The van der Waals surface area contributed by atoms with E-state index < -0.39 is 0 Å². The summed E-state index contributed by atoms with van der Waals surface area (Å²) in [5.74, 6) is 1.43. The minimum Gasteiger partial charge on any atom is -0.342 e. The molecule has 0 atom stereocenters. The summed E-state index contributed by atoms with van der Waals surface area (Å²) in [6, 6.07) is 7.39. The van der Waals surface area contributed by atoms with E-state index in [4.69, 9.17) is 16.1 Å². The van der Waals surface area contributed by atoms with Crippen molar-refractivity contribution < 1.29 is 9.32 Å². The average Bonchev–Trinajstić information content (AvgIpc) is 3.18. The summed E-state index contributed by atoms with van der Waals surface area (Å²) in [5.41, 5.74) is 0.886. The Labute approximate surface area is 177 Å². The Bertz CT molecular complexity index is 766. The van der Waals surface area contributed by atoms with E-state index in [1.165, 1.54) is 0 Å². The molecular formula is C21H30ClN5O2. The number of rotatable bonds is 9. The zero-order chi connectivity index (χ0) is 20.6. The summed E-state index contributed by atoms with van der Waals surface area (Å²) in [5, 5.41) is 4.76. The molecule has 0 N–H and O–H groups in total. The predicted molar refractivity (Wildman–Crippen MR) is 114 cm³/mol. The number of piperazine rings is 1. The number of nitrogens with zero attached hydrogens (tertiary/aromatic N) is 5. The summed E-state index contributed by atoms with van der Waals surface area (Å²) in [6.07, 6.45) is 2.00. The lowest BCUT2D eigenvalue weighted by Gasteiger charge is -2.34. The SMILES string of the molecule is CCCN(CCC)C(=O)CN1CCN(Cc2nc(-c3ccc(Cl)cc3)no2)CC1. The van der Waals surface area contributed by atoms with Crippen molar-refractivity contribution in [2.75, 3.05) is 45.8 Å². The Hall–Kier alpha value is -1.96. The minimum atomic E-state index is 0.242. The number of hydrogen-bond donors (Lipinski definition) is 0. The van der Waals surface area contributed by atoms with Gasteiger partial charge in [-0.3, -0.25) is 14.6 Å². The Morgan fingerprint density at radius 1 is 1.07 bits per heavy atom. The fourth-order valence-corrected chi connectivity index (χ4v) is 3.65. The van der Waals surface area contributed by atoms with Crippen molar-refractivity contribution >= 4 is 17.5 Å². The second-order valence-electron chi connectivity index (χ2n) is 7.45. The predicted octanol–water partition coefficient (Wildman–Crippen LogP) is 3.16. The van der Waals surface area contributed by atoms with Crippen LogP contribution >= 0.6 is 11.6 Å². The van der Waals surface area contributed by atoms with Crippen molar-refractivity contribution in [3.63, 3.8) is 0 Å². The van der Waals surface area contributed by atoms with Crippen LogP contribution in [0.5, 0.6) is 0 Å². The molecule has 2 aromatic rings. The van der Waals surface area contributed by atoms with E-state index in [0.29, 0.717) is 29.8 Å². The normalized spacial score (nSPS) is 15.6. The Morgan fingerprint density at radius 2 is 1.69 bits per heavy atom. The molecule has 0 bridgehead atoms. The molecule has 0 spiro atoms. The highest BCUT2D eigenvalue weighted by Gasteiger charge is 2.22. The highest BCUT2D eigenvalue weighted by molar-refractivity contribution is 6.30. The highest BCUT2D eigenvalue weighted by Crippen LogP contribution is 2.19. The Kier molecular flexibility index (Phi) is 8.03. The molecule has 1 fully saturated rings. The third-order valence-electron chi connectivity index (χ3n) is 5.09. The molecular weight excluding hydrogens is 390 g/mol. The molecule has 0 saturated carbocycles. The minimum absolute atomic E-state index is 0.242. The quantitative estimate of drug-likeness (QED) is 0.622. The third kappa shape index (κ3) is 6.26. The maximum absolute atomic E-state index is 12.6. The lowest BCUT2D eigenvalue weighted by atomic mass is 10.2. The molecule has 2 heterocycles. The topological polar surface area (TPSA) is 65.7 Å². The molecule has 0 radical (unpaired) electrons. The zero-order valence-electron chi connectivity index (χ0n) is 17.3. The van der Waals surface area contributed by atoms with Gasteiger partial charge in [-0.05, 0) is 37.1 Å². The van der Waals surface area contributed by atoms with Crippen LogP contribution < -0.4 is 0 Å². The molecule has 1 saturated heterocycles. The summed E-state index contributed by atoms with van der Waals surface area (Å²) in [7, 11) is 0. The van der Waals surface area contributed by atoms with Crippen LogP contribution in [-0.2, 0) is 11.3 Å². The zero-order valence-corrected chi connectivity index (χ0v) is 18.1. The smallest absolute Gasteiger partial charge is 0.241 e. The Balaban J connectivity index is 1.46. The van der Waals surface area contributed by atoms with Crippen LogP contribution in [0.3, 0.4) is 0 Å². The van der Waals surface area contributed by atoms with E-state index in [9.17, 15) is 4.79 Å². The number of aromatic nitrogens is 2. The van der Waals surface area contributed by atoms with Gasteiger partial charge in [-0.2, -0.15) is 4.98 Å². The van der Waals surface area contributed by atoms with Crippen LogP contribution in [-0.4, -0.2) is 76.6 Å². The van der Waals surface area contributed by atoms with E-state index in [-0.39, 0.29) is 5.91 Å². The van der Waals surface area contributed by atoms with Crippen LogP contribution in [0.15, 0.2) is 28.8 Å².